The number of hydrogen-bond donors (Lipinski definition) is 0. The minimum absolute atomic E-state index is 0.0490. The minimum atomic E-state index is 0.0490. The number of aromatic nitrogens is 4. The van der Waals surface area contributed by atoms with E-state index in [2.05, 4.69) is 32.2 Å². The van der Waals surface area contributed by atoms with Crippen LogP contribution in [0, 0.1) is 0 Å². The molecule has 0 aliphatic carbocycles. The standard InChI is InChI=1S/C8H10N6O/c1-6(14-5-11-12-13-14)10-3-7(9-2)8-4-15-8/h3,5,8H,2,4H2,1H3/b7-3-,10-6?. The summed E-state index contributed by atoms with van der Waals surface area (Å²) in [5.41, 5.74) is 0.724. The van der Waals surface area contributed by atoms with Gasteiger partial charge in [0.2, 0.25) is 0 Å². The van der Waals surface area contributed by atoms with E-state index < -0.39 is 0 Å². The van der Waals surface area contributed by atoms with Crippen molar-refractivity contribution in [1.82, 2.24) is 20.2 Å². The van der Waals surface area contributed by atoms with Crippen molar-refractivity contribution in [3.05, 3.63) is 18.2 Å². The number of tetrazole rings is 1. The van der Waals surface area contributed by atoms with E-state index in [0.717, 1.165) is 5.70 Å². The molecular formula is C8H10N6O. The average Bonchev–Trinajstić information content (AvgIpc) is 2.94. The summed E-state index contributed by atoms with van der Waals surface area (Å²) in [4.78, 5) is 7.98. The lowest BCUT2D eigenvalue weighted by molar-refractivity contribution is 0.430. The van der Waals surface area contributed by atoms with Gasteiger partial charge in [0.25, 0.3) is 0 Å². The van der Waals surface area contributed by atoms with Crippen LogP contribution in [0.3, 0.4) is 0 Å². The molecule has 7 nitrogen and oxygen atoms in total. The van der Waals surface area contributed by atoms with Gasteiger partial charge in [-0.05, 0) is 24.1 Å². The highest BCUT2D eigenvalue weighted by atomic mass is 16.6. The van der Waals surface area contributed by atoms with Crippen molar-refractivity contribution in [2.75, 3.05) is 6.61 Å². The number of nitrogens with zero attached hydrogens (tertiary/aromatic N) is 6. The molecule has 2 heterocycles. The molecule has 1 aliphatic rings. The maximum Gasteiger partial charge on any atom is 0.145 e. The lowest BCUT2D eigenvalue weighted by Crippen LogP contribution is -2.07. The Kier molecular flexibility index (Phi) is 2.64. The first-order valence-corrected chi connectivity index (χ1v) is 4.37. The maximum atomic E-state index is 5.07. The maximum absolute atomic E-state index is 5.07. The van der Waals surface area contributed by atoms with Gasteiger partial charge in [-0.2, -0.15) is 4.68 Å². The Morgan fingerprint density at radius 3 is 3.07 bits per heavy atom. The van der Waals surface area contributed by atoms with Crippen LogP contribution < -0.4 is 0 Å². The second kappa shape index (κ2) is 4.09. The largest absolute Gasteiger partial charge is 0.366 e. The minimum Gasteiger partial charge on any atom is -0.366 e. The highest BCUT2D eigenvalue weighted by Gasteiger charge is 2.26. The molecule has 1 aromatic rings. The summed E-state index contributed by atoms with van der Waals surface area (Å²) >= 11 is 0. The van der Waals surface area contributed by atoms with E-state index in [1.165, 1.54) is 11.0 Å². The van der Waals surface area contributed by atoms with Crippen molar-refractivity contribution in [3.63, 3.8) is 0 Å². The van der Waals surface area contributed by atoms with Gasteiger partial charge in [-0.1, -0.05) is 0 Å². The van der Waals surface area contributed by atoms with Gasteiger partial charge >= 0.3 is 0 Å². The lowest BCUT2D eigenvalue weighted by atomic mass is 10.4. The molecule has 1 saturated heterocycles. The number of ether oxygens (including phenoxy) is 1. The van der Waals surface area contributed by atoms with E-state index in [-0.39, 0.29) is 6.10 Å². The molecule has 1 aromatic heterocycles. The SMILES string of the molecule is C=N/C(=C\N=C(C)n1cnnn1)C1CO1. The molecule has 7 heteroatoms. The van der Waals surface area contributed by atoms with Crippen LogP contribution >= 0.6 is 0 Å². The first-order valence-electron chi connectivity index (χ1n) is 4.37. The van der Waals surface area contributed by atoms with Crippen molar-refractivity contribution in [1.29, 1.82) is 0 Å². The molecule has 2 rings (SSSR count). The van der Waals surface area contributed by atoms with Crippen LogP contribution in [0.5, 0.6) is 0 Å². The second-order valence-electron chi connectivity index (χ2n) is 2.96. The Labute approximate surface area is 86.2 Å². The topological polar surface area (TPSA) is 80.8 Å². The molecule has 1 fully saturated rings. The average molecular weight is 206 g/mol. The molecule has 0 saturated carbocycles. The van der Waals surface area contributed by atoms with E-state index in [0.29, 0.717) is 12.4 Å². The fraction of sp³-hybridized carbons (Fsp3) is 0.375. The summed E-state index contributed by atoms with van der Waals surface area (Å²) in [6.07, 6.45) is 3.14. The zero-order chi connectivity index (χ0) is 10.7. The zero-order valence-corrected chi connectivity index (χ0v) is 8.24. The highest BCUT2D eigenvalue weighted by Crippen LogP contribution is 2.19. The molecule has 0 spiro atoms. The molecule has 0 amide bonds. The fourth-order valence-electron chi connectivity index (χ4n) is 0.973. The molecule has 1 aliphatic heterocycles. The number of epoxide rings is 1. The smallest absolute Gasteiger partial charge is 0.145 e. The first kappa shape index (κ1) is 9.66. The van der Waals surface area contributed by atoms with E-state index in [4.69, 9.17) is 4.74 Å². The van der Waals surface area contributed by atoms with Gasteiger partial charge in [0.1, 0.15) is 18.3 Å². The third-order valence-corrected chi connectivity index (χ3v) is 1.91. The summed E-state index contributed by atoms with van der Waals surface area (Å²) in [6, 6.07) is 0. The van der Waals surface area contributed by atoms with Crippen molar-refractivity contribution in [2.24, 2.45) is 9.98 Å². The van der Waals surface area contributed by atoms with Crippen LogP contribution in [0.2, 0.25) is 0 Å². The van der Waals surface area contributed by atoms with Crippen LogP contribution in [-0.2, 0) is 4.74 Å². The van der Waals surface area contributed by atoms with E-state index in [1.807, 2.05) is 0 Å². The number of rotatable bonds is 3. The van der Waals surface area contributed by atoms with Crippen molar-refractivity contribution >= 4 is 12.6 Å². The summed E-state index contributed by atoms with van der Waals surface area (Å²) in [7, 11) is 0. The normalized spacial score (nSPS) is 21.5. The van der Waals surface area contributed by atoms with Gasteiger partial charge in [-0.3, -0.25) is 4.99 Å². The molecule has 1 unspecified atom stereocenters. The van der Waals surface area contributed by atoms with Crippen LogP contribution in [0.4, 0.5) is 0 Å². The molecule has 78 valence electrons. The summed E-state index contributed by atoms with van der Waals surface area (Å²) < 4.78 is 6.53. The highest BCUT2D eigenvalue weighted by molar-refractivity contribution is 5.81. The predicted molar refractivity (Wildman–Crippen MR) is 53.7 cm³/mol. The quantitative estimate of drug-likeness (QED) is 0.392. The lowest BCUT2D eigenvalue weighted by Gasteiger charge is -1.95. The van der Waals surface area contributed by atoms with Gasteiger partial charge in [0, 0.05) is 0 Å². The third kappa shape index (κ3) is 2.32. The van der Waals surface area contributed by atoms with Gasteiger partial charge in [0.15, 0.2) is 0 Å². The number of aliphatic imine (C=N–C) groups is 2. The monoisotopic (exact) mass is 206 g/mol. The summed E-state index contributed by atoms with van der Waals surface area (Å²) in [5.74, 6) is 0.654. The number of hydrogen-bond acceptors (Lipinski definition) is 6. The first-order chi connectivity index (χ1) is 7.31. The second-order valence-corrected chi connectivity index (χ2v) is 2.96. The van der Waals surface area contributed by atoms with Gasteiger partial charge < -0.3 is 4.74 Å². The molecule has 15 heavy (non-hydrogen) atoms. The fourth-order valence-corrected chi connectivity index (χ4v) is 0.973. The van der Waals surface area contributed by atoms with Crippen molar-refractivity contribution in [2.45, 2.75) is 13.0 Å². The molecule has 0 bridgehead atoms. The van der Waals surface area contributed by atoms with E-state index in [1.54, 1.807) is 13.1 Å². The molecule has 0 N–H and O–H groups in total. The summed E-state index contributed by atoms with van der Waals surface area (Å²) in [5, 5.41) is 10.7. The van der Waals surface area contributed by atoms with Crippen LogP contribution in [0.25, 0.3) is 0 Å². The molecular weight excluding hydrogens is 196 g/mol. The van der Waals surface area contributed by atoms with Gasteiger partial charge in [-0.15, -0.1) is 5.10 Å². The Morgan fingerprint density at radius 1 is 1.73 bits per heavy atom. The Hall–Kier alpha value is -1.89. The molecule has 0 radical (unpaired) electrons. The van der Waals surface area contributed by atoms with Crippen LogP contribution in [0.1, 0.15) is 6.92 Å². The third-order valence-electron chi connectivity index (χ3n) is 1.91. The Morgan fingerprint density at radius 2 is 2.53 bits per heavy atom. The van der Waals surface area contributed by atoms with Gasteiger partial charge in [-0.25, -0.2) is 4.99 Å². The van der Waals surface area contributed by atoms with E-state index in [9.17, 15) is 0 Å². The summed E-state index contributed by atoms with van der Waals surface area (Å²) in [6.45, 7) is 5.93. The van der Waals surface area contributed by atoms with Crippen molar-refractivity contribution in [3.8, 4) is 0 Å². The van der Waals surface area contributed by atoms with Gasteiger partial charge in [0.05, 0.1) is 18.5 Å². The molecule has 1 atom stereocenters. The predicted octanol–water partition coefficient (Wildman–Crippen LogP) is -0.120. The van der Waals surface area contributed by atoms with Crippen molar-refractivity contribution < 1.29 is 4.74 Å². The Bertz CT molecular complexity index is 403. The Balaban J connectivity index is 2.12. The van der Waals surface area contributed by atoms with Crippen LogP contribution in [-0.4, -0.2) is 45.5 Å². The van der Waals surface area contributed by atoms with E-state index >= 15 is 0 Å². The van der Waals surface area contributed by atoms with Crippen LogP contribution in [0.15, 0.2) is 28.2 Å². The zero-order valence-electron chi connectivity index (χ0n) is 8.24. The molecule has 0 aromatic carbocycles.